The maximum Gasteiger partial charge on any atom is 0.253 e. The summed E-state index contributed by atoms with van der Waals surface area (Å²) in [4.78, 5) is 18.4. The van der Waals surface area contributed by atoms with Gasteiger partial charge in [0.1, 0.15) is 0 Å². The van der Waals surface area contributed by atoms with Crippen LogP contribution in [0.4, 0.5) is 0 Å². The van der Waals surface area contributed by atoms with E-state index < -0.39 is 0 Å². The van der Waals surface area contributed by atoms with Gasteiger partial charge in [-0.25, -0.2) is 4.99 Å². The highest BCUT2D eigenvalue weighted by atomic mass is 16.5. The van der Waals surface area contributed by atoms with Crippen molar-refractivity contribution in [3.8, 4) is 0 Å². The van der Waals surface area contributed by atoms with Crippen molar-refractivity contribution in [3.63, 3.8) is 0 Å². The Bertz CT molecular complexity index is 818. The minimum Gasteiger partial charge on any atom is -0.380 e. The molecule has 0 saturated heterocycles. The molecule has 0 saturated carbocycles. The zero-order valence-corrected chi connectivity index (χ0v) is 17.9. The summed E-state index contributed by atoms with van der Waals surface area (Å²) in [6.45, 7) is 4.73. The summed E-state index contributed by atoms with van der Waals surface area (Å²) >= 11 is 0. The second-order valence-electron chi connectivity index (χ2n) is 6.97. The number of methoxy groups -OCH3 is 1. The summed E-state index contributed by atoms with van der Waals surface area (Å²) in [6.07, 6.45) is 0.805. The Kier molecular flexibility index (Phi) is 9.18. The van der Waals surface area contributed by atoms with E-state index in [2.05, 4.69) is 22.8 Å². The van der Waals surface area contributed by atoms with Crippen LogP contribution in [-0.2, 0) is 24.3 Å². The third kappa shape index (κ3) is 7.23. The van der Waals surface area contributed by atoms with Gasteiger partial charge in [0.05, 0.1) is 13.2 Å². The molecular formula is C23H32N4O2. The average molecular weight is 397 g/mol. The molecular weight excluding hydrogens is 364 g/mol. The second-order valence-corrected chi connectivity index (χ2v) is 6.97. The molecule has 0 heterocycles. The van der Waals surface area contributed by atoms with Crippen LogP contribution in [0.3, 0.4) is 0 Å². The highest BCUT2D eigenvalue weighted by Gasteiger charge is 2.08. The zero-order valence-electron chi connectivity index (χ0n) is 17.9. The number of rotatable bonds is 9. The van der Waals surface area contributed by atoms with Crippen molar-refractivity contribution >= 4 is 11.9 Å². The lowest BCUT2D eigenvalue weighted by Gasteiger charge is -2.13. The van der Waals surface area contributed by atoms with Gasteiger partial charge in [0, 0.05) is 39.9 Å². The molecule has 2 aromatic carbocycles. The highest BCUT2D eigenvalue weighted by Crippen LogP contribution is 2.11. The largest absolute Gasteiger partial charge is 0.380 e. The molecule has 6 heteroatoms. The molecule has 0 aliphatic heterocycles. The summed E-state index contributed by atoms with van der Waals surface area (Å²) in [5, 5.41) is 6.66. The summed E-state index contributed by atoms with van der Waals surface area (Å²) in [5.41, 5.74) is 4.13. The van der Waals surface area contributed by atoms with E-state index in [-0.39, 0.29) is 5.91 Å². The van der Waals surface area contributed by atoms with Gasteiger partial charge in [-0.15, -0.1) is 0 Å². The normalized spacial score (nSPS) is 11.2. The van der Waals surface area contributed by atoms with Crippen LogP contribution in [0.2, 0.25) is 0 Å². The third-order valence-corrected chi connectivity index (χ3v) is 4.46. The number of carbonyl (C=O) groups excluding carboxylic acids is 1. The molecule has 29 heavy (non-hydrogen) atoms. The zero-order chi connectivity index (χ0) is 21.1. The molecule has 0 aliphatic rings. The van der Waals surface area contributed by atoms with Crippen LogP contribution in [0.25, 0.3) is 0 Å². The first kappa shape index (κ1) is 22.4. The first-order chi connectivity index (χ1) is 14.0. The van der Waals surface area contributed by atoms with Crippen molar-refractivity contribution in [3.05, 3.63) is 70.8 Å². The Morgan fingerprint density at radius 3 is 2.52 bits per heavy atom. The molecule has 0 aromatic heterocycles. The molecule has 2 rings (SSSR count). The second kappa shape index (κ2) is 11.9. The van der Waals surface area contributed by atoms with Gasteiger partial charge >= 0.3 is 0 Å². The van der Waals surface area contributed by atoms with Gasteiger partial charge in [-0.2, -0.15) is 0 Å². The van der Waals surface area contributed by atoms with E-state index in [1.54, 1.807) is 26.1 Å². The van der Waals surface area contributed by atoms with Crippen molar-refractivity contribution in [1.29, 1.82) is 0 Å². The molecule has 0 atom stereocenters. The Morgan fingerprint density at radius 1 is 1.07 bits per heavy atom. The van der Waals surface area contributed by atoms with E-state index >= 15 is 0 Å². The van der Waals surface area contributed by atoms with Gasteiger partial charge in [0.25, 0.3) is 5.91 Å². The Labute approximate surface area is 174 Å². The molecule has 0 bridgehead atoms. The van der Waals surface area contributed by atoms with Crippen LogP contribution in [0, 0.1) is 0 Å². The van der Waals surface area contributed by atoms with Crippen LogP contribution in [0.5, 0.6) is 0 Å². The smallest absolute Gasteiger partial charge is 0.253 e. The third-order valence-electron chi connectivity index (χ3n) is 4.46. The number of benzene rings is 2. The quantitative estimate of drug-likeness (QED) is 0.505. The fraction of sp³-hybridized carbons (Fsp3) is 0.391. The molecule has 2 N–H and O–H groups in total. The standard InChI is InChI=1S/C23H32N4O2/c1-5-24-23(26-16-20-10-6-7-11-21(20)17-29-4)25-14-13-18-9-8-12-19(15-18)22(28)27(2)3/h6-12,15H,5,13-14,16-17H2,1-4H3,(H2,24,25,26). The van der Waals surface area contributed by atoms with E-state index in [4.69, 9.17) is 9.73 Å². The van der Waals surface area contributed by atoms with E-state index in [1.165, 1.54) is 0 Å². The number of hydrogen-bond acceptors (Lipinski definition) is 3. The van der Waals surface area contributed by atoms with Gasteiger partial charge in [-0.3, -0.25) is 4.79 Å². The van der Waals surface area contributed by atoms with Crippen molar-refractivity contribution in [2.24, 2.45) is 4.99 Å². The van der Waals surface area contributed by atoms with Crippen molar-refractivity contribution in [2.45, 2.75) is 26.5 Å². The van der Waals surface area contributed by atoms with E-state index in [0.29, 0.717) is 18.7 Å². The SMILES string of the molecule is CCNC(=NCc1ccccc1COC)NCCc1cccc(C(=O)N(C)C)c1. The first-order valence-electron chi connectivity index (χ1n) is 9.93. The molecule has 6 nitrogen and oxygen atoms in total. The van der Waals surface area contributed by atoms with Gasteiger partial charge in [0.15, 0.2) is 5.96 Å². The number of hydrogen-bond donors (Lipinski definition) is 2. The molecule has 0 fully saturated rings. The number of ether oxygens (including phenoxy) is 1. The van der Waals surface area contributed by atoms with Crippen molar-refractivity contribution in [2.75, 3.05) is 34.3 Å². The minimum absolute atomic E-state index is 0.0180. The molecule has 0 spiro atoms. The Hall–Kier alpha value is -2.86. The van der Waals surface area contributed by atoms with Crippen molar-refractivity contribution in [1.82, 2.24) is 15.5 Å². The molecule has 1 amide bonds. The predicted octanol–water partition coefficient (Wildman–Crippen LogP) is 2.83. The summed E-state index contributed by atoms with van der Waals surface area (Å²) in [7, 11) is 5.23. The number of carbonyl (C=O) groups is 1. The lowest BCUT2D eigenvalue weighted by atomic mass is 10.1. The van der Waals surface area contributed by atoms with E-state index in [0.717, 1.165) is 42.2 Å². The lowest BCUT2D eigenvalue weighted by molar-refractivity contribution is 0.0827. The number of amides is 1. The topological polar surface area (TPSA) is 66.0 Å². The van der Waals surface area contributed by atoms with Crippen LogP contribution in [-0.4, -0.2) is 51.1 Å². The Balaban J connectivity index is 1.97. The average Bonchev–Trinajstić information content (AvgIpc) is 2.72. The van der Waals surface area contributed by atoms with Gasteiger partial charge < -0.3 is 20.3 Å². The van der Waals surface area contributed by atoms with Crippen LogP contribution in [0.1, 0.15) is 34.0 Å². The molecule has 0 aliphatic carbocycles. The number of nitrogens with zero attached hydrogens (tertiary/aromatic N) is 2. The fourth-order valence-corrected chi connectivity index (χ4v) is 2.96. The monoisotopic (exact) mass is 396 g/mol. The summed E-state index contributed by atoms with van der Waals surface area (Å²) in [5.74, 6) is 0.796. The van der Waals surface area contributed by atoms with Gasteiger partial charge in [0.2, 0.25) is 0 Å². The van der Waals surface area contributed by atoms with E-state index in [1.807, 2.05) is 43.3 Å². The lowest BCUT2D eigenvalue weighted by Crippen LogP contribution is -2.38. The van der Waals surface area contributed by atoms with Crippen LogP contribution in [0.15, 0.2) is 53.5 Å². The summed E-state index contributed by atoms with van der Waals surface area (Å²) in [6, 6.07) is 16.0. The van der Waals surface area contributed by atoms with Crippen LogP contribution < -0.4 is 10.6 Å². The maximum absolute atomic E-state index is 12.1. The molecule has 2 aromatic rings. The van der Waals surface area contributed by atoms with Crippen molar-refractivity contribution < 1.29 is 9.53 Å². The molecule has 156 valence electrons. The molecule has 0 unspecified atom stereocenters. The Morgan fingerprint density at radius 2 is 1.83 bits per heavy atom. The van der Waals surface area contributed by atoms with E-state index in [9.17, 15) is 4.79 Å². The number of aliphatic imine (C=N–C) groups is 1. The number of nitrogens with one attached hydrogen (secondary N) is 2. The minimum atomic E-state index is 0.0180. The fourth-order valence-electron chi connectivity index (χ4n) is 2.96. The molecule has 0 radical (unpaired) electrons. The first-order valence-corrected chi connectivity index (χ1v) is 9.93. The summed E-state index contributed by atoms with van der Waals surface area (Å²) < 4.78 is 5.27. The highest BCUT2D eigenvalue weighted by molar-refractivity contribution is 5.94. The maximum atomic E-state index is 12.1. The number of guanidine groups is 1. The predicted molar refractivity (Wildman–Crippen MR) is 118 cm³/mol. The van der Waals surface area contributed by atoms with Gasteiger partial charge in [-0.05, 0) is 42.2 Å². The van der Waals surface area contributed by atoms with Gasteiger partial charge in [-0.1, -0.05) is 36.4 Å². The van der Waals surface area contributed by atoms with Crippen LogP contribution >= 0.6 is 0 Å².